The zero-order valence-electron chi connectivity index (χ0n) is 19.4. The van der Waals surface area contributed by atoms with Gasteiger partial charge in [-0.1, -0.05) is 50.2 Å². The first-order valence-corrected chi connectivity index (χ1v) is 14.4. The molecule has 2 heterocycles. The van der Waals surface area contributed by atoms with Gasteiger partial charge in [0.2, 0.25) is 5.91 Å². The first kappa shape index (κ1) is 27.3. The van der Waals surface area contributed by atoms with E-state index in [0.717, 1.165) is 20.9 Å². The summed E-state index contributed by atoms with van der Waals surface area (Å²) in [6.07, 6.45) is 0.298. The number of aliphatic carboxylic acids is 1. The molecule has 0 spiro atoms. The maximum Gasteiger partial charge on any atom is 0.403 e. The van der Waals surface area contributed by atoms with E-state index < -0.39 is 31.7 Å². The maximum absolute atomic E-state index is 13.0. The van der Waals surface area contributed by atoms with Gasteiger partial charge in [0.25, 0.3) is 0 Å². The lowest BCUT2D eigenvalue weighted by Crippen LogP contribution is -2.50. The molecule has 0 aliphatic rings. The van der Waals surface area contributed by atoms with E-state index in [-0.39, 0.29) is 25.4 Å². The summed E-state index contributed by atoms with van der Waals surface area (Å²) in [4.78, 5) is 37.0. The first-order chi connectivity index (χ1) is 16.6. The number of carbonyl (C=O) groups is 2. The van der Waals surface area contributed by atoms with Gasteiger partial charge in [0.1, 0.15) is 6.04 Å². The molecular formula is C24H29N2O6PS2. The van der Waals surface area contributed by atoms with Crippen molar-refractivity contribution in [3.63, 3.8) is 0 Å². The Hall–Kier alpha value is -2.33. The topological polar surface area (TPSA) is 125 Å². The Bertz CT molecular complexity index is 1130. The van der Waals surface area contributed by atoms with Crippen LogP contribution in [0.2, 0.25) is 0 Å². The van der Waals surface area contributed by atoms with Crippen molar-refractivity contribution in [3.05, 3.63) is 69.7 Å². The number of hydrogen-bond donors (Lipinski definition) is 4. The number of rotatable bonds is 13. The number of carboxylic acid groups (broad SMARTS) is 1. The van der Waals surface area contributed by atoms with Gasteiger partial charge in [0.15, 0.2) is 0 Å². The second-order valence-corrected chi connectivity index (χ2v) is 12.0. The predicted molar refractivity (Wildman–Crippen MR) is 138 cm³/mol. The maximum atomic E-state index is 13.0. The minimum Gasteiger partial charge on any atom is -0.480 e. The van der Waals surface area contributed by atoms with Crippen LogP contribution in [0.4, 0.5) is 0 Å². The van der Waals surface area contributed by atoms with E-state index in [4.69, 9.17) is 4.52 Å². The van der Waals surface area contributed by atoms with E-state index in [1.54, 1.807) is 23.5 Å². The summed E-state index contributed by atoms with van der Waals surface area (Å²) >= 11 is 3.00. The van der Waals surface area contributed by atoms with Crippen molar-refractivity contribution in [1.29, 1.82) is 0 Å². The van der Waals surface area contributed by atoms with Gasteiger partial charge >= 0.3 is 13.7 Å². The average Bonchev–Trinajstić information content (AvgIpc) is 3.51. The molecule has 1 unspecified atom stereocenters. The van der Waals surface area contributed by atoms with E-state index in [0.29, 0.717) is 0 Å². The minimum absolute atomic E-state index is 0.00335. The Morgan fingerprint density at radius 3 is 2.29 bits per heavy atom. The molecule has 3 rings (SSSR count). The van der Waals surface area contributed by atoms with Crippen molar-refractivity contribution in [1.82, 2.24) is 10.4 Å². The molecule has 0 bridgehead atoms. The third-order valence-corrected chi connectivity index (χ3v) is 8.00. The summed E-state index contributed by atoms with van der Waals surface area (Å²) in [6, 6.07) is 12.7. The summed E-state index contributed by atoms with van der Waals surface area (Å²) in [5.41, 5.74) is 1.78. The number of amides is 1. The quantitative estimate of drug-likeness (QED) is 0.229. The summed E-state index contributed by atoms with van der Waals surface area (Å²) < 4.78 is 17.7. The van der Waals surface area contributed by atoms with Gasteiger partial charge in [0, 0.05) is 16.2 Å². The molecule has 0 radical (unpaired) electrons. The van der Waals surface area contributed by atoms with Crippen LogP contribution in [0.1, 0.15) is 30.7 Å². The molecule has 11 heteroatoms. The fourth-order valence-corrected chi connectivity index (χ4v) is 5.87. The van der Waals surface area contributed by atoms with Crippen molar-refractivity contribution in [2.75, 3.05) is 0 Å². The van der Waals surface area contributed by atoms with Gasteiger partial charge in [0.05, 0.1) is 12.6 Å². The van der Waals surface area contributed by atoms with Crippen LogP contribution < -0.4 is 10.4 Å². The number of benzene rings is 1. The third-order valence-electron chi connectivity index (χ3n) is 5.12. The average molecular weight is 537 g/mol. The molecule has 4 N–H and O–H groups in total. The molecule has 35 heavy (non-hydrogen) atoms. The second-order valence-electron chi connectivity index (χ2n) is 8.46. The monoisotopic (exact) mass is 536 g/mol. The lowest BCUT2D eigenvalue weighted by molar-refractivity contribution is -0.142. The number of carboxylic acids is 1. The molecule has 3 atom stereocenters. The largest absolute Gasteiger partial charge is 0.480 e. The summed E-state index contributed by atoms with van der Waals surface area (Å²) in [6.45, 7) is 3.65. The van der Waals surface area contributed by atoms with E-state index in [9.17, 15) is 24.2 Å². The standard InChI is InChI=1S/C24H29N2O6PS2/c1-16(2)13-20(26-33(30,31)32-15-19-5-3-11-34-19)23(27)25-21(24(28)29)14-17-7-9-18(10-8-17)22-6-4-12-35-22/h3-12,16,20-21H,13-15H2,1-2H3,(H,25,27)(H,28,29)(H2,26,30,31)/t20-,21-/m0/s1. The zero-order valence-corrected chi connectivity index (χ0v) is 21.9. The van der Waals surface area contributed by atoms with E-state index in [2.05, 4.69) is 10.4 Å². The van der Waals surface area contributed by atoms with Crippen LogP contribution in [0.3, 0.4) is 0 Å². The normalized spacial score (nSPS) is 14.9. The fourth-order valence-electron chi connectivity index (χ4n) is 3.43. The van der Waals surface area contributed by atoms with Crippen molar-refractivity contribution in [3.8, 4) is 10.4 Å². The number of hydrogen-bond acceptors (Lipinski definition) is 6. The zero-order chi connectivity index (χ0) is 25.4. The van der Waals surface area contributed by atoms with Crippen molar-refractivity contribution in [2.24, 2.45) is 5.92 Å². The Balaban J connectivity index is 1.65. The third kappa shape index (κ3) is 8.68. The second kappa shape index (κ2) is 12.6. The molecule has 0 saturated carbocycles. The molecule has 0 saturated heterocycles. The van der Waals surface area contributed by atoms with Gasteiger partial charge in [-0.25, -0.2) is 14.4 Å². The highest BCUT2D eigenvalue weighted by atomic mass is 32.1. The number of nitrogens with one attached hydrogen (secondary N) is 2. The van der Waals surface area contributed by atoms with Crippen LogP contribution in [0.25, 0.3) is 10.4 Å². The van der Waals surface area contributed by atoms with Gasteiger partial charge in [-0.15, -0.1) is 22.7 Å². The molecule has 1 amide bonds. The van der Waals surface area contributed by atoms with Crippen molar-refractivity contribution < 1.29 is 28.7 Å². The lowest BCUT2D eigenvalue weighted by atomic mass is 10.0. The Labute approximate surface area is 212 Å². The van der Waals surface area contributed by atoms with E-state index >= 15 is 0 Å². The van der Waals surface area contributed by atoms with Gasteiger partial charge < -0.3 is 15.3 Å². The highest BCUT2D eigenvalue weighted by Gasteiger charge is 2.32. The number of thiophene rings is 2. The summed E-state index contributed by atoms with van der Waals surface area (Å²) in [7, 11) is -4.31. The van der Waals surface area contributed by atoms with Gasteiger partial charge in [-0.3, -0.25) is 9.32 Å². The van der Waals surface area contributed by atoms with Crippen LogP contribution in [0, 0.1) is 5.92 Å². The fraction of sp³-hybridized carbons (Fsp3) is 0.333. The molecular weight excluding hydrogens is 507 g/mol. The van der Waals surface area contributed by atoms with Gasteiger partial charge in [-0.2, -0.15) is 0 Å². The smallest absolute Gasteiger partial charge is 0.403 e. The molecule has 2 aromatic heterocycles. The SMILES string of the molecule is CC(C)C[C@H](NP(=O)(O)OCc1cccs1)C(=O)N[C@@H](Cc1ccc(-c2cccs2)cc1)C(=O)O. The lowest BCUT2D eigenvalue weighted by Gasteiger charge is -2.24. The van der Waals surface area contributed by atoms with Crippen LogP contribution in [0.15, 0.2) is 59.3 Å². The predicted octanol–water partition coefficient (Wildman–Crippen LogP) is 4.91. The van der Waals surface area contributed by atoms with E-state index in [1.807, 2.05) is 61.0 Å². The van der Waals surface area contributed by atoms with Crippen LogP contribution in [0.5, 0.6) is 0 Å². The molecule has 0 fully saturated rings. The van der Waals surface area contributed by atoms with Crippen LogP contribution in [-0.4, -0.2) is 34.0 Å². The van der Waals surface area contributed by atoms with Gasteiger partial charge in [-0.05, 0) is 46.4 Å². The Morgan fingerprint density at radius 1 is 1.03 bits per heavy atom. The van der Waals surface area contributed by atoms with Crippen molar-refractivity contribution in [2.45, 2.75) is 45.4 Å². The molecule has 0 aliphatic heterocycles. The Morgan fingerprint density at radius 2 is 1.71 bits per heavy atom. The molecule has 3 aromatic rings. The number of carbonyl (C=O) groups excluding carboxylic acids is 1. The highest BCUT2D eigenvalue weighted by molar-refractivity contribution is 7.50. The molecule has 1 aromatic carbocycles. The first-order valence-electron chi connectivity index (χ1n) is 11.1. The molecule has 0 aliphatic carbocycles. The summed E-state index contributed by atoms with van der Waals surface area (Å²) in [5.74, 6) is -1.86. The summed E-state index contributed by atoms with van der Waals surface area (Å²) in [5, 5.41) is 18.5. The minimum atomic E-state index is -4.31. The van der Waals surface area contributed by atoms with E-state index in [1.165, 1.54) is 11.3 Å². The molecule has 188 valence electrons. The Kier molecular flexibility index (Phi) is 9.80. The molecule has 8 nitrogen and oxygen atoms in total. The van der Waals surface area contributed by atoms with Crippen molar-refractivity contribution >= 4 is 42.3 Å². The highest BCUT2D eigenvalue weighted by Crippen LogP contribution is 2.39. The van der Waals surface area contributed by atoms with Crippen LogP contribution >= 0.6 is 30.4 Å². The van der Waals surface area contributed by atoms with Crippen LogP contribution in [-0.2, 0) is 31.7 Å².